The van der Waals surface area contributed by atoms with Crippen molar-refractivity contribution in [2.45, 2.75) is 81.8 Å². The van der Waals surface area contributed by atoms with Crippen molar-refractivity contribution < 1.29 is 37.3 Å². The molecule has 2 heterocycles. The number of ether oxygens (including phenoxy) is 2. The summed E-state index contributed by atoms with van der Waals surface area (Å²) < 4.78 is 52.9. The van der Waals surface area contributed by atoms with E-state index in [0.29, 0.717) is 38.0 Å². The summed E-state index contributed by atoms with van der Waals surface area (Å²) >= 11 is 0. The Hall–Kier alpha value is -3.53. The summed E-state index contributed by atoms with van der Waals surface area (Å²) in [5.41, 5.74) is -0.268. The number of piperidine rings is 1. The van der Waals surface area contributed by atoms with E-state index in [1.54, 1.807) is 11.0 Å². The van der Waals surface area contributed by atoms with Crippen LogP contribution in [0.1, 0.15) is 62.3 Å². The molecular formula is C33H37F3N2O5. The van der Waals surface area contributed by atoms with Gasteiger partial charge in [-0.15, -0.1) is 0 Å². The molecule has 1 amide bonds. The van der Waals surface area contributed by atoms with Crippen LogP contribution in [-0.2, 0) is 32.3 Å². The summed E-state index contributed by atoms with van der Waals surface area (Å²) in [5.74, 6) is -0.218. The van der Waals surface area contributed by atoms with Crippen molar-refractivity contribution in [3.8, 4) is 11.5 Å². The van der Waals surface area contributed by atoms with E-state index in [1.807, 2.05) is 27.0 Å². The second kappa shape index (κ2) is 10.3. The van der Waals surface area contributed by atoms with Crippen molar-refractivity contribution in [1.82, 2.24) is 9.80 Å². The standard InChI is InChI=1S/C33H37F3N2O5/c1-19(2)18-38(27(41)11-8-21-6-5-7-23(16-21)33(34,35)36)24-12-13-32(43-20(3)39)26-17-22-9-10-25(40)29-28(22)31(32,30(24)42-29)14-15-37(26)4/h5-11,16,19,24,26,30,40H,12-15,17-18H2,1-4H3/t24-,26-,30+,31+,32-/m1/s1. The second-order valence-corrected chi connectivity index (χ2v) is 12.8. The summed E-state index contributed by atoms with van der Waals surface area (Å²) in [6, 6.07) is 7.90. The molecule has 7 nitrogen and oxygen atoms in total. The first-order valence-electron chi connectivity index (χ1n) is 14.9. The third kappa shape index (κ3) is 4.51. The monoisotopic (exact) mass is 598 g/mol. The van der Waals surface area contributed by atoms with E-state index in [4.69, 9.17) is 9.47 Å². The molecule has 2 aliphatic carbocycles. The van der Waals surface area contributed by atoms with Crippen molar-refractivity contribution in [2.24, 2.45) is 5.92 Å². The number of phenols is 1. The number of hydrogen-bond acceptors (Lipinski definition) is 6. The number of nitrogens with zero attached hydrogens (tertiary/aromatic N) is 2. The van der Waals surface area contributed by atoms with Gasteiger partial charge in [0.2, 0.25) is 5.91 Å². The lowest BCUT2D eigenvalue weighted by Gasteiger charge is -2.65. The van der Waals surface area contributed by atoms with Gasteiger partial charge < -0.3 is 19.5 Å². The molecule has 2 aliphatic heterocycles. The van der Waals surface area contributed by atoms with Crippen molar-refractivity contribution in [3.63, 3.8) is 0 Å². The predicted molar refractivity (Wildman–Crippen MR) is 153 cm³/mol. The minimum Gasteiger partial charge on any atom is -0.504 e. The fourth-order valence-electron chi connectivity index (χ4n) is 8.34. The first kappa shape index (κ1) is 29.5. The Morgan fingerprint density at radius 3 is 2.70 bits per heavy atom. The van der Waals surface area contributed by atoms with Crippen LogP contribution < -0.4 is 4.74 Å². The highest BCUT2D eigenvalue weighted by molar-refractivity contribution is 5.92. The number of benzene rings is 2. The van der Waals surface area contributed by atoms with E-state index in [0.717, 1.165) is 29.8 Å². The van der Waals surface area contributed by atoms with Gasteiger partial charge in [0.1, 0.15) is 11.7 Å². The van der Waals surface area contributed by atoms with Crippen LogP contribution in [0.3, 0.4) is 0 Å². The number of esters is 1. The number of carbonyl (C=O) groups is 2. The Balaban J connectivity index is 1.43. The summed E-state index contributed by atoms with van der Waals surface area (Å²) in [7, 11) is 2.04. The minimum absolute atomic E-state index is 0.0153. The number of amides is 1. The summed E-state index contributed by atoms with van der Waals surface area (Å²) in [6.45, 7) is 6.54. The van der Waals surface area contributed by atoms with Gasteiger partial charge in [0.05, 0.1) is 23.1 Å². The zero-order valence-corrected chi connectivity index (χ0v) is 24.8. The molecule has 5 atom stereocenters. The van der Waals surface area contributed by atoms with Gasteiger partial charge in [-0.25, -0.2) is 0 Å². The molecule has 2 bridgehead atoms. The van der Waals surface area contributed by atoms with Crippen LogP contribution in [0.15, 0.2) is 42.5 Å². The molecule has 4 aliphatic rings. The van der Waals surface area contributed by atoms with E-state index in [9.17, 15) is 27.9 Å². The van der Waals surface area contributed by atoms with E-state index in [2.05, 4.69) is 4.90 Å². The fraction of sp³-hybridized carbons (Fsp3) is 0.515. The molecule has 0 radical (unpaired) electrons. The van der Waals surface area contributed by atoms with E-state index in [1.165, 1.54) is 31.2 Å². The number of likely N-dealkylation sites (tertiary alicyclic amines) is 1. The molecule has 2 aromatic rings. The molecule has 0 aromatic heterocycles. The maximum absolute atomic E-state index is 13.9. The number of phenolic OH excluding ortho intramolecular Hbond substituents is 1. The lowest BCUT2D eigenvalue weighted by atomic mass is 9.48. The maximum Gasteiger partial charge on any atom is 0.416 e. The van der Waals surface area contributed by atoms with Crippen LogP contribution in [0.5, 0.6) is 11.5 Å². The summed E-state index contributed by atoms with van der Waals surface area (Å²) in [5, 5.41) is 11.0. The Morgan fingerprint density at radius 2 is 2.00 bits per heavy atom. The normalized spacial score (nSPS) is 29.3. The molecule has 6 rings (SSSR count). The number of aromatic hydroxyl groups is 1. The van der Waals surface area contributed by atoms with Crippen LogP contribution >= 0.6 is 0 Å². The smallest absolute Gasteiger partial charge is 0.416 e. The van der Waals surface area contributed by atoms with Gasteiger partial charge in [-0.2, -0.15) is 13.2 Å². The highest BCUT2D eigenvalue weighted by atomic mass is 19.4. The van der Waals surface area contributed by atoms with Crippen LogP contribution in [0, 0.1) is 5.92 Å². The SMILES string of the molecule is CC(=O)O[C@@]12CC[C@@H](N(CC(C)C)C(=O)C=Cc3cccc(C(F)(F)F)c3)[C@@H]3Oc4c(O)ccc5c4[C@@]31CCN(C)[C@@H]2C5. The Bertz CT molecular complexity index is 1490. The molecule has 2 fully saturated rings. The van der Waals surface area contributed by atoms with Crippen molar-refractivity contribution >= 4 is 18.0 Å². The second-order valence-electron chi connectivity index (χ2n) is 12.8. The first-order valence-corrected chi connectivity index (χ1v) is 14.9. The topological polar surface area (TPSA) is 79.3 Å². The molecule has 2 aromatic carbocycles. The number of alkyl halides is 3. The van der Waals surface area contributed by atoms with Gasteiger partial charge in [-0.05, 0) is 80.6 Å². The van der Waals surface area contributed by atoms with Gasteiger partial charge in [0.25, 0.3) is 0 Å². The molecule has 1 saturated heterocycles. The number of rotatable bonds is 6. The van der Waals surface area contributed by atoms with Crippen LogP contribution in [0.25, 0.3) is 6.08 Å². The first-order chi connectivity index (χ1) is 20.3. The van der Waals surface area contributed by atoms with E-state index in [-0.39, 0.29) is 35.1 Å². The average molecular weight is 599 g/mol. The lowest BCUT2D eigenvalue weighted by Crippen LogP contribution is -2.79. The van der Waals surface area contributed by atoms with Gasteiger partial charge in [-0.1, -0.05) is 32.0 Å². The Kier molecular flexibility index (Phi) is 7.06. The molecule has 230 valence electrons. The summed E-state index contributed by atoms with van der Waals surface area (Å²) in [4.78, 5) is 30.6. The fourth-order valence-corrected chi connectivity index (χ4v) is 8.34. The van der Waals surface area contributed by atoms with Crippen molar-refractivity contribution in [2.75, 3.05) is 20.1 Å². The zero-order valence-electron chi connectivity index (χ0n) is 24.8. The number of likely N-dealkylation sites (N-methyl/N-ethyl adjacent to an activating group) is 1. The van der Waals surface area contributed by atoms with Crippen molar-refractivity contribution in [3.05, 3.63) is 64.7 Å². The molecule has 1 saturated carbocycles. The number of carbonyl (C=O) groups excluding carboxylic acids is 2. The van der Waals surface area contributed by atoms with Crippen LogP contribution in [0.2, 0.25) is 0 Å². The van der Waals surface area contributed by atoms with Crippen LogP contribution in [-0.4, -0.2) is 70.7 Å². The number of halogens is 3. The van der Waals surface area contributed by atoms with Crippen molar-refractivity contribution in [1.29, 1.82) is 0 Å². The third-order valence-electron chi connectivity index (χ3n) is 9.86. The van der Waals surface area contributed by atoms with Gasteiger partial charge in [-0.3, -0.25) is 14.5 Å². The Labute approximate surface area is 249 Å². The zero-order chi connectivity index (χ0) is 30.9. The molecule has 43 heavy (non-hydrogen) atoms. The number of hydrogen-bond donors (Lipinski definition) is 1. The van der Waals surface area contributed by atoms with Gasteiger partial charge in [0.15, 0.2) is 11.5 Å². The van der Waals surface area contributed by atoms with E-state index >= 15 is 0 Å². The third-order valence-corrected chi connectivity index (χ3v) is 9.86. The predicted octanol–water partition coefficient (Wildman–Crippen LogP) is 5.33. The van der Waals surface area contributed by atoms with Gasteiger partial charge in [0, 0.05) is 25.1 Å². The van der Waals surface area contributed by atoms with E-state index < -0.39 is 34.9 Å². The maximum atomic E-state index is 13.9. The molecular weight excluding hydrogens is 561 g/mol. The van der Waals surface area contributed by atoms with Gasteiger partial charge >= 0.3 is 12.1 Å². The van der Waals surface area contributed by atoms with Crippen LogP contribution in [0.4, 0.5) is 13.2 Å². The Morgan fingerprint density at radius 1 is 1.23 bits per heavy atom. The highest BCUT2D eigenvalue weighted by Crippen LogP contribution is 2.67. The molecule has 0 unspecified atom stereocenters. The molecule has 10 heteroatoms. The highest BCUT2D eigenvalue weighted by Gasteiger charge is 2.75. The lowest BCUT2D eigenvalue weighted by molar-refractivity contribution is -0.221. The average Bonchev–Trinajstić information content (AvgIpc) is 3.29. The largest absolute Gasteiger partial charge is 0.504 e. The minimum atomic E-state index is -4.49. The summed E-state index contributed by atoms with van der Waals surface area (Å²) in [6.07, 6.45) is -0.0980. The quantitative estimate of drug-likeness (QED) is 0.358. The molecule has 1 N–H and O–H groups in total. The molecule has 1 spiro atoms.